The van der Waals surface area contributed by atoms with Gasteiger partial charge in [0.1, 0.15) is 90.6 Å². The molecule has 0 aromatic heterocycles. The molecule has 3 rings (SSSR count). The number of amides is 17. The Kier molecular flexibility index (Phi) is 51.1. The van der Waals surface area contributed by atoms with E-state index in [9.17, 15) is 121 Å². The van der Waals surface area contributed by atoms with Crippen molar-refractivity contribution in [1.29, 1.82) is 21.6 Å². The second kappa shape index (κ2) is 59.7. The maximum absolute atomic E-state index is 15.0. The van der Waals surface area contributed by atoms with Gasteiger partial charge in [-0.15, -0.1) is 0 Å². The SMILES string of the molecule is C[C@H](NC(=O)[C@H](CCC(=O)O)NC(=O)CNC(=O)[C@@H](NC(=O)[C@H](CCC(=O)O)NC(=O)[C@H](CCCNC(=N)N)NC(=O)[C@H](CCCNC(=N)N)NC(=O)[C@H](CCCCN)NC(=O)[C@H](CCCNC(=N)N)NC(=O)[C@H](CCCNC(=N)N)NC(=O)[C@@H]1CCCN1C(=O)[C@@H]1CCCN1C(=O)[C@H](C)NC(=O)[C@@H]1CCCN1C(=O)[C@@H](NC(=O)CNC(=O)CNC(=O)[C@@H](N)CO)[C@@H](C)O)[C@@H](C)O)C(=O)O. The predicted molar refractivity (Wildman–Crippen MR) is 475 cm³/mol. The summed E-state index contributed by atoms with van der Waals surface area (Å²) >= 11 is 0. The number of carboxylic acid groups (broad SMARTS) is 3. The Balaban J connectivity index is 1.96. The molecule has 0 bridgehead atoms. The summed E-state index contributed by atoms with van der Waals surface area (Å²) in [6.07, 6.45) is -6.20. The Morgan fingerprint density at radius 3 is 1.10 bits per heavy atom. The number of hydrogen-bond donors (Lipinski definition) is 34. The zero-order valence-electron chi connectivity index (χ0n) is 75.8. The Bertz CT molecular complexity index is 4170. The molecule has 0 spiro atoms. The molecule has 0 aromatic rings. The van der Waals surface area contributed by atoms with Gasteiger partial charge < -0.3 is 175 Å². The van der Waals surface area contributed by atoms with Gasteiger partial charge in [0.15, 0.2) is 23.8 Å². The van der Waals surface area contributed by atoms with Crippen LogP contribution in [0.25, 0.3) is 0 Å². The third kappa shape index (κ3) is 42.0. The Morgan fingerprint density at radius 1 is 0.356 bits per heavy atom. The fourth-order valence-electron chi connectivity index (χ4n) is 14.3. The van der Waals surface area contributed by atoms with Crippen LogP contribution in [-0.2, 0) is 95.9 Å². The van der Waals surface area contributed by atoms with Crippen LogP contribution >= 0.6 is 0 Å². The van der Waals surface area contributed by atoms with Crippen LogP contribution in [-0.4, -0.2) is 369 Å². The lowest BCUT2D eigenvalue weighted by Gasteiger charge is -2.33. The van der Waals surface area contributed by atoms with Crippen LogP contribution in [0.15, 0.2) is 0 Å². The summed E-state index contributed by atoms with van der Waals surface area (Å²) < 4.78 is 0. The third-order valence-electron chi connectivity index (χ3n) is 21.5. The number of guanidine groups is 4. The number of nitrogens with one attached hydrogen (secondary N) is 22. The van der Waals surface area contributed by atoms with Crippen molar-refractivity contribution in [3.8, 4) is 0 Å². The van der Waals surface area contributed by atoms with Crippen molar-refractivity contribution in [2.24, 2.45) is 34.4 Å². The van der Waals surface area contributed by atoms with Gasteiger partial charge in [-0.25, -0.2) is 0 Å². The number of carbonyl (C=O) groups is 20. The summed E-state index contributed by atoms with van der Waals surface area (Å²) in [7, 11) is 0. The Labute approximate surface area is 776 Å². The number of unbranched alkanes of at least 4 members (excludes halogenated alkanes) is 1. The first-order valence-corrected chi connectivity index (χ1v) is 44.1. The largest absolute Gasteiger partial charge is 0.481 e. The Morgan fingerprint density at radius 2 is 0.696 bits per heavy atom. The van der Waals surface area contributed by atoms with E-state index >= 15 is 0 Å². The van der Waals surface area contributed by atoms with Crippen LogP contribution in [0.2, 0.25) is 0 Å². The first-order chi connectivity index (χ1) is 63.6. The van der Waals surface area contributed by atoms with Crippen LogP contribution in [0.4, 0.5) is 0 Å². The number of nitrogens with zero attached hydrogens (tertiary/aromatic N) is 3. The van der Waals surface area contributed by atoms with Crippen LogP contribution in [0.5, 0.6) is 0 Å². The van der Waals surface area contributed by atoms with Crippen molar-refractivity contribution >= 4 is 142 Å². The van der Waals surface area contributed by atoms with Gasteiger partial charge in [0.25, 0.3) is 0 Å². The highest BCUT2D eigenvalue weighted by Crippen LogP contribution is 2.27. The quantitative estimate of drug-likeness (QED) is 0.0153. The summed E-state index contributed by atoms with van der Waals surface area (Å²) in [5.74, 6) is -23.0. The molecule has 0 aliphatic carbocycles. The van der Waals surface area contributed by atoms with Gasteiger partial charge in [-0.3, -0.25) is 118 Å². The van der Waals surface area contributed by atoms with Crippen LogP contribution in [0.3, 0.4) is 0 Å². The molecule has 40 N–H and O–H groups in total. The molecule has 17 amide bonds. The molecule has 3 aliphatic rings. The lowest BCUT2D eigenvalue weighted by Crippen LogP contribution is -2.61. The molecule has 758 valence electrons. The number of hydrogen-bond acceptors (Lipinski definition) is 29. The van der Waals surface area contributed by atoms with E-state index < -0.39 is 297 Å². The summed E-state index contributed by atoms with van der Waals surface area (Å²) in [4.78, 5) is 275. The normalized spacial score (nSPS) is 17.5. The van der Waals surface area contributed by atoms with Crippen LogP contribution in [0, 0.1) is 21.6 Å². The maximum Gasteiger partial charge on any atom is 0.325 e. The van der Waals surface area contributed by atoms with E-state index in [1.54, 1.807) is 0 Å². The molecule has 0 radical (unpaired) electrons. The molecule has 3 aliphatic heterocycles. The molecule has 3 fully saturated rings. The molecule has 57 heteroatoms. The minimum atomic E-state index is -2.00. The monoisotopic (exact) mass is 1920 g/mol. The highest BCUT2D eigenvalue weighted by Gasteiger charge is 2.46. The lowest BCUT2D eigenvalue weighted by molar-refractivity contribution is -0.148. The van der Waals surface area contributed by atoms with Gasteiger partial charge in [-0.05, 0) is 156 Å². The summed E-state index contributed by atoms with van der Waals surface area (Å²) in [5.41, 5.74) is 33.5. The van der Waals surface area contributed by atoms with Crippen molar-refractivity contribution in [3.63, 3.8) is 0 Å². The average molecular weight is 1920 g/mol. The van der Waals surface area contributed by atoms with Gasteiger partial charge in [0.05, 0.1) is 38.4 Å². The number of aliphatic carboxylic acids is 3. The molecule has 0 saturated carbocycles. The topological polar surface area (TPSA) is 941 Å². The fourth-order valence-corrected chi connectivity index (χ4v) is 14.3. The minimum absolute atomic E-state index is 0.000850. The molecule has 0 aromatic carbocycles. The summed E-state index contributed by atoms with van der Waals surface area (Å²) in [6.45, 7) is 1.41. The van der Waals surface area contributed by atoms with E-state index in [1.165, 1.54) is 23.6 Å². The van der Waals surface area contributed by atoms with Crippen molar-refractivity contribution < 1.29 is 127 Å². The number of carbonyl (C=O) groups excluding carboxylic acids is 17. The smallest absolute Gasteiger partial charge is 0.325 e. The van der Waals surface area contributed by atoms with Crippen molar-refractivity contribution in [1.82, 2.24) is 110 Å². The van der Waals surface area contributed by atoms with E-state index in [0.717, 1.165) is 18.7 Å². The highest BCUT2D eigenvalue weighted by molar-refractivity contribution is 6.02. The molecule has 135 heavy (non-hydrogen) atoms. The Hall–Kier alpha value is -13.7. The lowest BCUT2D eigenvalue weighted by atomic mass is 10.0. The van der Waals surface area contributed by atoms with E-state index in [-0.39, 0.29) is 155 Å². The molecule has 57 nitrogen and oxygen atoms in total. The van der Waals surface area contributed by atoms with E-state index in [4.69, 9.17) is 61.1 Å². The summed E-state index contributed by atoms with van der Waals surface area (Å²) in [5, 5.41) is 133. The van der Waals surface area contributed by atoms with Gasteiger partial charge >= 0.3 is 17.9 Å². The molecule has 3 saturated heterocycles. The van der Waals surface area contributed by atoms with Crippen LogP contribution in [0.1, 0.15) is 163 Å². The predicted octanol–water partition coefficient (Wildman–Crippen LogP) is -14.2. The standard InChI is InChI=1S/C78H135N31O26/c1-38(96-68(128)50-19-12-32-108(50)73(133)59(41(4)112)105-55(115)35-93-53(113)34-94-60(120)42(80)37-110)71(131)109-33-13-21-52(109)72(132)107-31-11-20-51(107)69(129)104-47(18-10-30-92-78(87)88)66(126)102-44(15-7-27-89-75(81)82)63(123)99-43(14-5-6-26-79)62(122)100-45(16-8-28-90-76(83)84)64(124)101-46(17-9-29-91-77(85)86)65(125)103-49(23-25-57(118)119)67(127)106-58(40(3)111)70(130)95-36-54(114)98-48(22-24-56(116)117)61(121)97-39(2)74(134)135/h38-52,58-59,110-112H,5-37,79-80H2,1-4H3,(H,93,113)(H,94,120)(H,95,130)(H,96,128)(H,97,121)(H,98,114)(H,99,123)(H,100,122)(H,101,124)(H,102,126)(H,103,125)(H,104,129)(H,105,115)(H,106,127)(H,116,117)(H,118,119)(H,134,135)(H4,81,82,89)(H4,83,84,90)(H4,85,86,91)(H4,87,88,92)/t38-,39-,40+,41+,42-,43-,44-,45-,46-,47-,48-,49-,50-,51-,52-,58-,59-/m0/s1. The number of aliphatic hydroxyl groups is 3. The van der Waals surface area contributed by atoms with Gasteiger partial charge in [-0.1, -0.05) is 0 Å². The van der Waals surface area contributed by atoms with Crippen molar-refractivity contribution in [3.05, 3.63) is 0 Å². The maximum atomic E-state index is 15.0. The van der Waals surface area contributed by atoms with Gasteiger partial charge in [-0.2, -0.15) is 0 Å². The van der Waals surface area contributed by atoms with Crippen molar-refractivity contribution in [2.45, 2.75) is 265 Å². The zero-order valence-corrected chi connectivity index (χ0v) is 75.8. The van der Waals surface area contributed by atoms with E-state index in [1.807, 2.05) is 0 Å². The van der Waals surface area contributed by atoms with Gasteiger partial charge in [0, 0.05) is 58.7 Å². The third-order valence-corrected chi connectivity index (χ3v) is 21.5. The first kappa shape index (κ1) is 115. The van der Waals surface area contributed by atoms with Crippen LogP contribution < -0.4 is 130 Å². The number of rotatable bonds is 61. The van der Waals surface area contributed by atoms with E-state index in [0.29, 0.717) is 6.42 Å². The number of nitrogens with two attached hydrogens (primary N) is 6. The summed E-state index contributed by atoms with van der Waals surface area (Å²) in [6, 6.07) is -23.1. The zero-order chi connectivity index (χ0) is 101. The molecular weight excluding hydrogens is 1790 g/mol. The molecule has 17 atom stereocenters. The highest BCUT2D eigenvalue weighted by atomic mass is 16.4. The average Bonchev–Trinajstić information content (AvgIpc) is 1.66. The number of carboxylic acids is 3. The molecule has 0 unspecified atom stereocenters. The van der Waals surface area contributed by atoms with Crippen molar-refractivity contribution in [2.75, 3.05) is 78.6 Å². The fraction of sp³-hybridized carbons (Fsp3) is 0.692. The molecular formula is C78H135N31O26. The number of aliphatic hydroxyl groups excluding tert-OH is 3. The van der Waals surface area contributed by atoms with E-state index in [2.05, 4.69) is 95.7 Å². The second-order valence-electron chi connectivity index (χ2n) is 32.4. The molecule has 3 heterocycles. The minimum Gasteiger partial charge on any atom is -0.481 e. The second-order valence-corrected chi connectivity index (χ2v) is 32.4. The van der Waals surface area contributed by atoms with Gasteiger partial charge in [0.2, 0.25) is 100 Å². The first-order valence-electron chi connectivity index (χ1n) is 44.1. The number of likely N-dealkylation sites (tertiary alicyclic amines) is 3.